The minimum Gasteiger partial charge on any atom is -0.504 e. The summed E-state index contributed by atoms with van der Waals surface area (Å²) in [5.41, 5.74) is 1.91. The van der Waals surface area contributed by atoms with Crippen molar-refractivity contribution in [1.82, 2.24) is 10.3 Å². The number of carboxylic acids is 1. The van der Waals surface area contributed by atoms with Crippen molar-refractivity contribution < 1.29 is 38.1 Å². The van der Waals surface area contributed by atoms with Crippen LogP contribution in [0.2, 0.25) is 0 Å². The van der Waals surface area contributed by atoms with E-state index in [2.05, 4.69) is 21.0 Å². The zero-order valence-electron chi connectivity index (χ0n) is 15.2. The molecule has 1 aliphatic heterocycles. The van der Waals surface area contributed by atoms with Crippen LogP contribution in [-0.2, 0) is 20.3 Å². The largest absolute Gasteiger partial charge is 0.504 e. The molecule has 0 unspecified atom stereocenters. The number of thiol groups is 1. The molecule has 1 aromatic carbocycles. The molecule has 1 fully saturated rings. The molecule has 13 heteroatoms. The molecule has 2 amide bonds. The maximum atomic E-state index is 12.2. The van der Waals surface area contributed by atoms with Crippen molar-refractivity contribution in [3.05, 3.63) is 22.2 Å². The van der Waals surface area contributed by atoms with E-state index in [4.69, 9.17) is 0 Å². The van der Waals surface area contributed by atoms with Gasteiger partial charge in [-0.1, -0.05) is 0 Å². The Balaban J connectivity index is 2.31. The van der Waals surface area contributed by atoms with Crippen LogP contribution in [0, 0.1) is 0 Å². The van der Waals surface area contributed by atoms with E-state index >= 15 is 0 Å². The van der Waals surface area contributed by atoms with Crippen LogP contribution in [0.5, 0.6) is 11.5 Å². The Hall–Kier alpha value is -2.67. The van der Waals surface area contributed by atoms with Crippen LogP contribution in [0.3, 0.4) is 0 Å². The lowest BCUT2D eigenvalue weighted by Gasteiger charge is -2.45. The molecule has 1 aliphatic rings. The number of rotatable bonds is 7. The number of benzene rings is 1. The second-order valence-corrected chi connectivity index (χ2v) is 8.84. The van der Waals surface area contributed by atoms with E-state index in [-0.39, 0.29) is 16.5 Å². The number of aliphatic carboxylic acids is 1. The Kier molecular flexibility index (Phi) is 6.53. The molecule has 0 spiro atoms. The molecule has 0 aromatic heterocycles. The van der Waals surface area contributed by atoms with E-state index in [9.17, 15) is 38.1 Å². The van der Waals surface area contributed by atoms with Crippen LogP contribution in [0.25, 0.3) is 0 Å². The molecular formula is C16H18BrN3O8S. The number of phenolic OH excluding ortho intramolecular Hbond substituents is 2. The Bertz CT molecular complexity index is 971. The Morgan fingerprint density at radius 2 is 2.03 bits per heavy atom. The molecule has 0 saturated carbocycles. The quantitative estimate of drug-likeness (QED) is 0.116. The third-order valence-corrected chi connectivity index (χ3v) is 6.47. The zero-order chi connectivity index (χ0) is 22.1. The minimum absolute atomic E-state index is 0.0990. The second kappa shape index (κ2) is 8.37. The van der Waals surface area contributed by atoms with Crippen molar-refractivity contribution in [3.8, 4) is 11.5 Å². The normalized spacial score (nSPS) is 19.7. The first-order valence-corrected chi connectivity index (χ1v) is 10.1. The van der Waals surface area contributed by atoms with Gasteiger partial charge in [0.2, 0.25) is 5.91 Å². The number of hydrogen-bond donors (Lipinski definition) is 5. The van der Waals surface area contributed by atoms with Gasteiger partial charge in [0, 0.05) is 18.7 Å². The molecule has 1 aromatic rings. The number of aromatic hydroxyl groups is 2. The molecule has 1 saturated heterocycles. The first-order valence-electron chi connectivity index (χ1n) is 8.15. The maximum Gasteiger partial charge on any atom is 0.328 e. The predicted octanol–water partition coefficient (Wildman–Crippen LogP) is 0.0200. The summed E-state index contributed by atoms with van der Waals surface area (Å²) in [4.78, 5) is 36.7. The number of amides is 2. The number of phenols is 2. The monoisotopic (exact) mass is 491 g/mol. The third-order valence-electron chi connectivity index (χ3n) is 4.52. The number of nitrogens with one attached hydrogen (secondary N) is 1. The van der Waals surface area contributed by atoms with Gasteiger partial charge < -0.3 is 20.2 Å². The van der Waals surface area contributed by atoms with Gasteiger partial charge in [-0.05, 0) is 41.9 Å². The molecule has 0 bridgehead atoms. The zero-order valence-corrected chi connectivity index (χ0v) is 17.7. The highest BCUT2D eigenvalue weighted by Gasteiger charge is 2.52. The summed E-state index contributed by atoms with van der Waals surface area (Å²) in [6.07, 6.45) is 0.837. The van der Waals surface area contributed by atoms with E-state index < -0.39 is 56.8 Å². The fourth-order valence-corrected chi connectivity index (χ4v) is 3.97. The van der Waals surface area contributed by atoms with Crippen molar-refractivity contribution in [3.63, 3.8) is 0 Å². The summed E-state index contributed by atoms with van der Waals surface area (Å²) in [5, 5.41) is 32.1. The Morgan fingerprint density at radius 1 is 1.41 bits per heavy atom. The average Bonchev–Trinajstić information content (AvgIpc) is 2.63. The molecule has 11 nitrogen and oxygen atoms in total. The van der Waals surface area contributed by atoms with Crippen LogP contribution in [-0.4, -0.2) is 69.5 Å². The predicted molar refractivity (Wildman–Crippen MR) is 104 cm³/mol. The smallest absolute Gasteiger partial charge is 0.328 e. The Morgan fingerprint density at radius 3 is 2.52 bits per heavy atom. The summed E-state index contributed by atoms with van der Waals surface area (Å²) in [7, 11) is -3.42. The average molecular weight is 492 g/mol. The van der Waals surface area contributed by atoms with Gasteiger partial charge in [-0.2, -0.15) is 5.10 Å². The number of nitrogens with zero attached hydrogens (tertiary/aromatic N) is 2. The highest BCUT2D eigenvalue weighted by Crippen LogP contribution is 2.35. The lowest BCUT2D eigenvalue weighted by Crippen LogP contribution is -2.66. The van der Waals surface area contributed by atoms with Gasteiger partial charge in [0.05, 0.1) is 10.0 Å². The van der Waals surface area contributed by atoms with E-state index in [1.165, 1.54) is 6.07 Å². The van der Waals surface area contributed by atoms with Crippen LogP contribution in [0.1, 0.15) is 30.6 Å². The minimum atomic E-state index is -3.42. The van der Waals surface area contributed by atoms with Crippen LogP contribution in [0.4, 0.5) is 0 Å². The topological polar surface area (TPSA) is 174 Å². The molecule has 2 rings (SSSR count). The highest BCUT2D eigenvalue weighted by molar-refractivity contribution is 9.10. The summed E-state index contributed by atoms with van der Waals surface area (Å²) in [6.45, 7) is 2.66. The van der Waals surface area contributed by atoms with Gasteiger partial charge in [-0.3, -0.25) is 9.59 Å². The van der Waals surface area contributed by atoms with E-state index in [0.29, 0.717) is 0 Å². The number of carbonyl (C=O) groups excluding carboxylic acids is 2. The lowest BCUT2D eigenvalue weighted by atomic mass is 9.92. The molecule has 158 valence electrons. The van der Waals surface area contributed by atoms with Crippen molar-refractivity contribution in [2.75, 3.05) is 0 Å². The molecule has 1 heterocycles. The first-order chi connectivity index (χ1) is 13.4. The Labute approximate surface area is 175 Å². The number of hydrogen-bond acceptors (Lipinski definition) is 8. The number of β-lactam (4-membered cyclic amide) rings is 1. The number of likely N-dealkylation sites (tertiary alicyclic amines) is 1. The van der Waals surface area contributed by atoms with E-state index in [0.717, 1.165) is 24.1 Å². The van der Waals surface area contributed by atoms with Crippen LogP contribution in [0.15, 0.2) is 21.7 Å². The summed E-state index contributed by atoms with van der Waals surface area (Å²) in [5.74, 6) is -3.95. The maximum absolute atomic E-state index is 12.2. The van der Waals surface area contributed by atoms with Gasteiger partial charge in [-0.15, -0.1) is 0 Å². The molecule has 0 aliphatic carbocycles. The van der Waals surface area contributed by atoms with Gasteiger partial charge in [0.15, 0.2) is 28.2 Å². The van der Waals surface area contributed by atoms with Crippen molar-refractivity contribution >= 4 is 50.6 Å². The highest BCUT2D eigenvalue weighted by atomic mass is 79.9. The fourth-order valence-electron chi connectivity index (χ4n) is 2.87. The molecule has 4 N–H and O–H groups in total. The van der Waals surface area contributed by atoms with Gasteiger partial charge in [0.1, 0.15) is 4.75 Å². The second-order valence-electron chi connectivity index (χ2n) is 6.57. The van der Waals surface area contributed by atoms with E-state index in [1.54, 1.807) is 6.92 Å². The van der Waals surface area contributed by atoms with Gasteiger partial charge in [-0.25, -0.2) is 18.6 Å². The summed E-state index contributed by atoms with van der Waals surface area (Å²) < 4.78 is 21.5. The number of carbonyl (C=O) groups is 3. The summed E-state index contributed by atoms with van der Waals surface area (Å²) >= 11 is 2.94. The first kappa shape index (κ1) is 22.6. The number of halogens is 1. The van der Waals surface area contributed by atoms with Crippen molar-refractivity contribution in [2.24, 2.45) is 5.10 Å². The third kappa shape index (κ3) is 4.19. The number of hydrazone groups is 1. The molecule has 3 atom stereocenters. The fraction of sp³-hybridized carbons (Fsp3) is 0.375. The molecule has 0 radical (unpaired) electrons. The van der Waals surface area contributed by atoms with Crippen LogP contribution < -0.4 is 5.43 Å². The SMILES string of the molecule is C[C@@H]1CC(=O)N1[C@@H](C(=O)O)[C@](C)(/C=N/NC(=O)c1ccc(O)c(O)c1Br)[SH](=O)=O. The standard InChI is InChI=1S/C16H18BrN3O8S/c1-7-5-10(22)20(7)13(15(25)26)16(2,29(27)28)6-18-19-14(24)8-3-4-9(21)12(23)11(8)17/h3-4,6-7,13,21,23,29H,5H2,1-2H3,(H,19,24)(H,25,26)/b18-6+/t7-,13+,16+/m1/s1. The van der Waals surface area contributed by atoms with Crippen molar-refractivity contribution in [2.45, 2.75) is 37.1 Å². The molecular weight excluding hydrogens is 474 g/mol. The number of carboxylic acid groups (broad SMARTS) is 1. The van der Waals surface area contributed by atoms with Crippen LogP contribution >= 0.6 is 15.9 Å². The van der Waals surface area contributed by atoms with Gasteiger partial charge in [0.25, 0.3) is 5.91 Å². The van der Waals surface area contributed by atoms with E-state index in [1.807, 2.05) is 5.43 Å². The van der Waals surface area contributed by atoms with Gasteiger partial charge >= 0.3 is 5.97 Å². The summed E-state index contributed by atoms with van der Waals surface area (Å²) in [6, 6.07) is 0.0497. The molecule has 29 heavy (non-hydrogen) atoms. The van der Waals surface area contributed by atoms with Crippen molar-refractivity contribution in [1.29, 1.82) is 0 Å². The lowest BCUT2D eigenvalue weighted by molar-refractivity contribution is -0.161.